The molecule has 6 unspecified atom stereocenters. The van der Waals surface area contributed by atoms with E-state index in [4.69, 9.17) is 0 Å². The molecule has 3 aliphatic carbocycles. The lowest BCUT2D eigenvalue weighted by Gasteiger charge is -2.86. The van der Waals surface area contributed by atoms with Gasteiger partial charge in [0, 0.05) is 0 Å². The third-order valence-corrected chi connectivity index (χ3v) is 7.12. The van der Waals surface area contributed by atoms with E-state index in [1.54, 1.807) is 19.3 Å². The van der Waals surface area contributed by atoms with Crippen LogP contribution in [-0.2, 0) is 0 Å². The molecule has 3 saturated carbocycles. The monoisotopic (exact) mass is 220 g/mol. The molecule has 0 aliphatic heterocycles. The summed E-state index contributed by atoms with van der Waals surface area (Å²) in [6, 6.07) is 0. The minimum atomic E-state index is 0.809. The van der Waals surface area contributed by atoms with Gasteiger partial charge in [-0.15, -0.1) is 0 Å². The molecular formula is C16H28. The van der Waals surface area contributed by atoms with Crippen molar-refractivity contribution in [3.8, 4) is 0 Å². The fraction of sp³-hybridized carbons (Fsp3) is 1.00. The fourth-order valence-electron chi connectivity index (χ4n) is 6.58. The van der Waals surface area contributed by atoms with Crippen molar-refractivity contribution in [2.24, 2.45) is 34.5 Å². The first-order valence-corrected chi connectivity index (χ1v) is 7.64. The van der Waals surface area contributed by atoms with Crippen LogP contribution >= 0.6 is 0 Å². The highest BCUT2D eigenvalue weighted by atomic mass is 14.9. The van der Waals surface area contributed by atoms with Gasteiger partial charge in [0.25, 0.3) is 0 Å². The quantitative estimate of drug-likeness (QED) is 0.633. The molecule has 0 saturated heterocycles. The van der Waals surface area contributed by atoms with Crippen LogP contribution in [0.3, 0.4) is 0 Å². The van der Waals surface area contributed by atoms with Crippen LogP contribution in [0, 0.1) is 34.5 Å². The first-order chi connectivity index (χ1) is 7.64. The van der Waals surface area contributed by atoms with Gasteiger partial charge < -0.3 is 0 Å². The molecule has 0 heteroatoms. The van der Waals surface area contributed by atoms with Gasteiger partial charge in [0.1, 0.15) is 0 Å². The van der Waals surface area contributed by atoms with Crippen molar-refractivity contribution in [2.45, 2.75) is 66.2 Å². The van der Waals surface area contributed by atoms with Crippen molar-refractivity contribution in [1.82, 2.24) is 0 Å². The molecule has 0 bridgehead atoms. The van der Waals surface area contributed by atoms with Crippen LogP contribution in [-0.4, -0.2) is 0 Å². The Hall–Kier alpha value is 0. The zero-order chi connectivity index (χ0) is 11.6. The van der Waals surface area contributed by atoms with Gasteiger partial charge in [-0.2, -0.15) is 0 Å². The normalized spacial score (nSPS) is 55.1. The highest BCUT2D eigenvalue weighted by Crippen LogP contribution is 2.88. The van der Waals surface area contributed by atoms with Gasteiger partial charge in [-0.25, -0.2) is 0 Å². The Labute approximate surface area is 101 Å². The van der Waals surface area contributed by atoms with Crippen molar-refractivity contribution < 1.29 is 0 Å². The Morgan fingerprint density at radius 3 is 2.44 bits per heavy atom. The lowest BCUT2D eigenvalue weighted by molar-refractivity contribution is -0.383. The van der Waals surface area contributed by atoms with E-state index in [-0.39, 0.29) is 0 Å². The summed E-state index contributed by atoms with van der Waals surface area (Å²) in [5.41, 5.74) is 1.67. The Bertz CT molecular complexity index is 290. The molecule has 1 spiro atoms. The molecular weight excluding hydrogens is 192 g/mol. The molecule has 0 radical (unpaired) electrons. The second-order valence-corrected chi connectivity index (χ2v) is 7.09. The molecule has 0 aromatic rings. The molecule has 0 N–H and O–H groups in total. The molecule has 0 heterocycles. The van der Waals surface area contributed by atoms with Gasteiger partial charge in [0.15, 0.2) is 0 Å². The van der Waals surface area contributed by atoms with Gasteiger partial charge in [-0.1, -0.05) is 40.5 Å². The van der Waals surface area contributed by atoms with E-state index in [1.165, 1.54) is 19.3 Å². The van der Waals surface area contributed by atoms with Gasteiger partial charge in [-0.3, -0.25) is 0 Å². The van der Waals surface area contributed by atoms with Crippen LogP contribution < -0.4 is 0 Å². The van der Waals surface area contributed by atoms with Gasteiger partial charge >= 0.3 is 0 Å². The molecule has 92 valence electrons. The summed E-state index contributed by atoms with van der Waals surface area (Å²) in [4.78, 5) is 0. The summed E-state index contributed by atoms with van der Waals surface area (Å²) in [5, 5.41) is 0. The molecule has 0 aromatic carbocycles. The zero-order valence-electron chi connectivity index (χ0n) is 11.6. The maximum Gasteiger partial charge on any atom is -0.0181 e. The first kappa shape index (κ1) is 11.1. The topological polar surface area (TPSA) is 0 Å². The van der Waals surface area contributed by atoms with Crippen molar-refractivity contribution >= 4 is 0 Å². The van der Waals surface area contributed by atoms with Gasteiger partial charge in [-0.05, 0) is 60.2 Å². The lowest BCUT2D eigenvalue weighted by Crippen LogP contribution is -2.80. The molecule has 3 aliphatic rings. The number of rotatable bonds is 4. The highest BCUT2D eigenvalue weighted by molar-refractivity contribution is 5.29. The maximum atomic E-state index is 2.54. The van der Waals surface area contributed by atoms with E-state index in [2.05, 4.69) is 27.7 Å². The molecule has 6 atom stereocenters. The van der Waals surface area contributed by atoms with Crippen molar-refractivity contribution in [1.29, 1.82) is 0 Å². The third-order valence-electron chi connectivity index (χ3n) is 7.12. The summed E-state index contributed by atoms with van der Waals surface area (Å²) in [6.45, 7) is 9.89. The van der Waals surface area contributed by atoms with Crippen LogP contribution in [0.25, 0.3) is 0 Å². The molecule has 0 amide bonds. The summed E-state index contributed by atoms with van der Waals surface area (Å²) in [7, 11) is 0. The zero-order valence-corrected chi connectivity index (χ0v) is 11.6. The second kappa shape index (κ2) is 3.27. The van der Waals surface area contributed by atoms with Crippen molar-refractivity contribution in [3.05, 3.63) is 0 Å². The van der Waals surface area contributed by atoms with E-state index in [9.17, 15) is 0 Å². The predicted octanol–water partition coefficient (Wildman–Crippen LogP) is 4.89. The van der Waals surface area contributed by atoms with Crippen LogP contribution in [0.15, 0.2) is 0 Å². The van der Waals surface area contributed by atoms with E-state index in [0.29, 0.717) is 0 Å². The SMILES string of the molecule is CCCC(C)C1C2CC(C)C23CCC13CC. The van der Waals surface area contributed by atoms with Crippen molar-refractivity contribution in [2.75, 3.05) is 0 Å². The second-order valence-electron chi connectivity index (χ2n) is 7.09. The molecule has 0 nitrogen and oxygen atoms in total. The van der Waals surface area contributed by atoms with E-state index in [0.717, 1.165) is 34.5 Å². The van der Waals surface area contributed by atoms with E-state index in [1.807, 2.05) is 0 Å². The Kier molecular flexibility index (Phi) is 2.27. The average Bonchev–Trinajstić information content (AvgIpc) is 2.21. The largest absolute Gasteiger partial charge is 0.0654 e. The molecule has 3 rings (SSSR count). The smallest absolute Gasteiger partial charge is 0.0181 e. The molecule has 16 heavy (non-hydrogen) atoms. The summed E-state index contributed by atoms with van der Waals surface area (Å²) in [5.74, 6) is 4.28. The van der Waals surface area contributed by atoms with Crippen LogP contribution in [0.4, 0.5) is 0 Å². The molecule has 0 aromatic heterocycles. The van der Waals surface area contributed by atoms with E-state index >= 15 is 0 Å². The summed E-state index contributed by atoms with van der Waals surface area (Å²) < 4.78 is 0. The minimum Gasteiger partial charge on any atom is -0.0654 e. The Morgan fingerprint density at radius 1 is 1.25 bits per heavy atom. The fourth-order valence-corrected chi connectivity index (χ4v) is 6.58. The predicted molar refractivity (Wildman–Crippen MR) is 69.2 cm³/mol. The summed E-state index contributed by atoms with van der Waals surface area (Å²) in [6.07, 6.45) is 9.00. The Balaban J connectivity index is 1.82. The Morgan fingerprint density at radius 2 is 2.00 bits per heavy atom. The van der Waals surface area contributed by atoms with E-state index < -0.39 is 0 Å². The van der Waals surface area contributed by atoms with Gasteiger partial charge in [0.05, 0.1) is 0 Å². The number of hydrogen-bond donors (Lipinski definition) is 0. The molecule has 3 fully saturated rings. The van der Waals surface area contributed by atoms with Crippen LogP contribution in [0.1, 0.15) is 66.2 Å². The van der Waals surface area contributed by atoms with Gasteiger partial charge in [0.2, 0.25) is 0 Å². The van der Waals surface area contributed by atoms with Crippen molar-refractivity contribution in [3.63, 3.8) is 0 Å². The van der Waals surface area contributed by atoms with Crippen LogP contribution in [0.2, 0.25) is 0 Å². The first-order valence-electron chi connectivity index (χ1n) is 7.64. The third kappa shape index (κ3) is 0.875. The lowest BCUT2D eigenvalue weighted by atomic mass is 9.18. The average molecular weight is 220 g/mol. The highest BCUT2D eigenvalue weighted by Gasteiger charge is 2.81. The standard InChI is InChI=1S/C16H28/c1-5-7-11(3)14-13-10-12(4)16(13)9-8-15(14,16)6-2/h11-14H,5-10H2,1-4H3. The number of hydrogen-bond acceptors (Lipinski definition) is 0. The summed E-state index contributed by atoms with van der Waals surface area (Å²) >= 11 is 0. The maximum absolute atomic E-state index is 2.54. The van der Waals surface area contributed by atoms with Crippen LogP contribution in [0.5, 0.6) is 0 Å². The minimum absolute atomic E-state index is 0.809.